The molecule has 2 unspecified atom stereocenters. The van der Waals surface area contributed by atoms with Gasteiger partial charge in [0.05, 0.1) is 6.61 Å². The van der Waals surface area contributed by atoms with Crippen molar-refractivity contribution in [1.82, 2.24) is 4.98 Å². The fourth-order valence-electron chi connectivity index (χ4n) is 3.50. The molecule has 1 heterocycles. The fraction of sp³-hybridized carbons (Fsp3) is 0.542. The lowest BCUT2D eigenvalue weighted by Gasteiger charge is -2.19. The summed E-state index contributed by atoms with van der Waals surface area (Å²) in [6, 6.07) is 11.0. The normalized spacial score (nSPS) is 14.0. The number of benzene rings is 1. The number of hydrogen-bond donors (Lipinski definition) is 1. The van der Waals surface area contributed by atoms with Crippen molar-refractivity contribution >= 4 is 0 Å². The van der Waals surface area contributed by atoms with E-state index in [-0.39, 0.29) is 6.61 Å². The lowest BCUT2D eigenvalue weighted by atomic mass is 9.87. The van der Waals surface area contributed by atoms with E-state index in [4.69, 9.17) is 0 Å². The van der Waals surface area contributed by atoms with Gasteiger partial charge in [0.25, 0.3) is 0 Å². The van der Waals surface area contributed by atoms with E-state index in [1.165, 1.54) is 22.4 Å². The van der Waals surface area contributed by atoms with E-state index in [2.05, 4.69) is 76.9 Å². The molecule has 2 heteroatoms. The summed E-state index contributed by atoms with van der Waals surface area (Å²) in [4.78, 5) is 4.68. The minimum atomic E-state index is 0.122. The van der Waals surface area contributed by atoms with Crippen molar-refractivity contribution in [3.05, 3.63) is 64.5 Å². The van der Waals surface area contributed by atoms with Crippen molar-refractivity contribution in [1.29, 1.82) is 0 Å². The number of aliphatic hydroxyl groups is 1. The molecule has 0 aliphatic rings. The quantitative estimate of drug-likeness (QED) is 0.587. The third-order valence-electron chi connectivity index (χ3n) is 5.54. The number of aliphatic hydroxyl groups excluding tert-OH is 1. The maximum absolute atomic E-state index is 9.69. The summed E-state index contributed by atoms with van der Waals surface area (Å²) in [6.45, 7) is 13.4. The summed E-state index contributed by atoms with van der Waals surface area (Å²) < 4.78 is 0. The second-order valence-electron chi connectivity index (χ2n) is 8.32. The van der Waals surface area contributed by atoms with E-state index >= 15 is 0 Å². The van der Waals surface area contributed by atoms with Crippen LogP contribution in [-0.2, 0) is 6.61 Å². The van der Waals surface area contributed by atoms with E-state index in [1.54, 1.807) is 0 Å². The predicted octanol–water partition coefficient (Wildman–Crippen LogP) is 6.51. The first-order chi connectivity index (χ1) is 12.3. The van der Waals surface area contributed by atoms with Crippen molar-refractivity contribution in [2.45, 2.75) is 84.7 Å². The van der Waals surface area contributed by atoms with E-state index < -0.39 is 0 Å². The van der Waals surface area contributed by atoms with Gasteiger partial charge in [-0.1, -0.05) is 65.8 Å². The molecule has 0 radical (unpaired) electrons. The monoisotopic (exact) mass is 353 g/mol. The summed E-state index contributed by atoms with van der Waals surface area (Å²) in [5, 5.41) is 9.69. The Labute approximate surface area is 159 Å². The molecule has 0 saturated heterocycles. The Bertz CT molecular complexity index is 688. The van der Waals surface area contributed by atoms with E-state index in [0.29, 0.717) is 23.7 Å². The fourth-order valence-corrected chi connectivity index (χ4v) is 3.50. The summed E-state index contributed by atoms with van der Waals surface area (Å²) >= 11 is 0. The maximum atomic E-state index is 9.69. The van der Waals surface area contributed by atoms with E-state index in [0.717, 1.165) is 18.4 Å². The molecule has 2 rings (SSSR count). The summed E-state index contributed by atoms with van der Waals surface area (Å²) in [5.74, 6) is 1.92. The van der Waals surface area contributed by atoms with Crippen LogP contribution in [0.15, 0.2) is 36.5 Å². The van der Waals surface area contributed by atoms with Gasteiger partial charge in [-0.05, 0) is 64.8 Å². The number of rotatable bonds is 8. The highest BCUT2D eigenvalue weighted by Gasteiger charge is 2.14. The third kappa shape index (κ3) is 5.17. The SMILES string of the molecule is CC(C)c1ccc(C(C)CCC(C)c2ccc(C(C)C)c(CO)c2)nc1. The van der Waals surface area contributed by atoms with Crippen molar-refractivity contribution in [2.24, 2.45) is 0 Å². The Kier molecular flexibility index (Phi) is 7.40. The van der Waals surface area contributed by atoms with Crippen LogP contribution < -0.4 is 0 Å². The molecule has 2 aromatic rings. The Balaban J connectivity index is 2.00. The van der Waals surface area contributed by atoms with Crippen molar-refractivity contribution in [3.8, 4) is 0 Å². The summed E-state index contributed by atoms with van der Waals surface area (Å²) in [7, 11) is 0. The molecule has 0 bridgehead atoms. The molecule has 26 heavy (non-hydrogen) atoms. The van der Waals surface area contributed by atoms with E-state index in [1.807, 2.05) is 6.20 Å². The molecular weight excluding hydrogens is 318 g/mol. The van der Waals surface area contributed by atoms with Gasteiger partial charge in [-0.25, -0.2) is 0 Å². The Morgan fingerprint density at radius 3 is 2.00 bits per heavy atom. The molecule has 0 amide bonds. The molecular formula is C24H35NO. The van der Waals surface area contributed by atoms with Gasteiger partial charge in [0.2, 0.25) is 0 Å². The molecule has 0 aliphatic carbocycles. The van der Waals surface area contributed by atoms with Gasteiger partial charge in [0.1, 0.15) is 0 Å². The molecule has 0 fully saturated rings. The second kappa shape index (κ2) is 9.32. The number of nitrogens with zero attached hydrogens (tertiary/aromatic N) is 1. The zero-order valence-corrected chi connectivity index (χ0v) is 17.3. The van der Waals surface area contributed by atoms with Crippen molar-refractivity contribution in [2.75, 3.05) is 0 Å². The predicted molar refractivity (Wildman–Crippen MR) is 111 cm³/mol. The summed E-state index contributed by atoms with van der Waals surface area (Å²) in [6.07, 6.45) is 4.27. The van der Waals surface area contributed by atoms with Crippen LogP contribution in [0.4, 0.5) is 0 Å². The molecule has 1 aromatic heterocycles. The standard InChI is InChI=1S/C24H35NO/c1-16(2)21-10-12-24(25-14-21)19(6)8-7-18(5)20-9-11-23(17(3)4)22(13-20)15-26/h9-14,16-19,26H,7-8,15H2,1-6H3. The minimum Gasteiger partial charge on any atom is -0.392 e. The minimum absolute atomic E-state index is 0.122. The highest BCUT2D eigenvalue weighted by atomic mass is 16.3. The average Bonchev–Trinajstić information content (AvgIpc) is 2.65. The third-order valence-corrected chi connectivity index (χ3v) is 5.54. The molecule has 0 saturated carbocycles. The molecule has 2 nitrogen and oxygen atoms in total. The van der Waals surface area contributed by atoms with Crippen LogP contribution >= 0.6 is 0 Å². The highest BCUT2D eigenvalue weighted by molar-refractivity contribution is 5.35. The molecule has 142 valence electrons. The molecule has 1 N–H and O–H groups in total. The Hall–Kier alpha value is -1.67. The van der Waals surface area contributed by atoms with Crippen LogP contribution in [0.3, 0.4) is 0 Å². The van der Waals surface area contributed by atoms with Gasteiger partial charge in [-0.3, -0.25) is 4.98 Å². The topological polar surface area (TPSA) is 33.1 Å². The van der Waals surface area contributed by atoms with Crippen LogP contribution in [0.1, 0.15) is 106 Å². The first kappa shape index (κ1) is 20.6. The zero-order valence-electron chi connectivity index (χ0n) is 17.3. The molecule has 0 spiro atoms. The van der Waals surface area contributed by atoms with Crippen LogP contribution in [-0.4, -0.2) is 10.1 Å². The molecule has 1 aromatic carbocycles. The first-order valence-corrected chi connectivity index (χ1v) is 10.0. The van der Waals surface area contributed by atoms with Gasteiger partial charge >= 0.3 is 0 Å². The van der Waals surface area contributed by atoms with Crippen LogP contribution in [0.5, 0.6) is 0 Å². The highest BCUT2D eigenvalue weighted by Crippen LogP contribution is 2.30. The van der Waals surface area contributed by atoms with Gasteiger partial charge in [0.15, 0.2) is 0 Å². The van der Waals surface area contributed by atoms with Crippen molar-refractivity contribution in [3.63, 3.8) is 0 Å². The molecule has 2 atom stereocenters. The summed E-state index contributed by atoms with van der Waals surface area (Å²) in [5.41, 5.74) is 6.15. The Morgan fingerprint density at radius 1 is 0.808 bits per heavy atom. The van der Waals surface area contributed by atoms with Crippen LogP contribution in [0.2, 0.25) is 0 Å². The van der Waals surface area contributed by atoms with Crippen LogP contribution in [0.25, 0.3) is 0 Å². The van der Waals surface area contributed by atoms with Gasteiger partial charge in [-0.2, -0.15) is 0 Å². The van der Waals surface area contributed by atoms with Crippen LogP contribution in [0, 0.1) is 0 Å². The number of hydrogen-bond acceptors (Lipinski definition) is 2. The average molecular weight is 354 g/mol. The number of pyridine rings is 1. The number of aromatic nitrogens is 1. The smallest absolute Gasteiger partial charge is 0.0684 e. The first-order valence-electron chi connectivity index (χ1n) is 10.0. The lowest BCUT2D eigenvalue weighted by Crippen LogP contribution is -2.03. The maximum Gasteiger partial charge on any atom is 0.0684 e. The largest absolute Gasteiger partial charge is 0.392 e. The second-order valence-corrected chi connectivity index (χ2v) is 8.32. The van der Waals surface area contributed by atoms with Gasteiger partial charge in [0, 0.05) is 11.9 Å². The van der Waals surface area contributed by atoms with E-state index in [9.17, 15) is 5.11 Å². The van der Waals surface area contributed by atoms with Gasteiger partial charge in [-0.15, -0.1) is 0 Å². The van der Waals surface area contributed by atoms with Crippen molar-refractivity contribution < 1.29 is 5.11 Å². The Morgan fingerprint density at radius 2 is 1.46 bits per heavy atom. The lowest BCUT2D eigenvalue weighted by molar-refractivity contribution is 0.280. The van der Waals surface area contributed by atoms with Gasteiger partial charge < -0.3 is 5.11 Å². The molecule has 0 aliphatic heterocycles. The zero-order chi connectivity index (χ0) is 19.3.